The van der Waals surface area contributed by atoms with Crippen molar-refractivity contribution in [2.45, 2.75) is 43.1 Å². The van der Waals surface area contributed by atoms with Crippen LogP contribution in [-0.2, 0) is 4.74 Å². The Morgan fingerprint density at radius 1 is 1.19 bits per heavy atom. The van der Waals surface area contributed by atoms with Gasteiger partial charge in [0.15, 0.2) is 0 Å². The van der Waals surface area contributed by atoms with Gasteiger partial charge in [-0.3, -0.25) is 0 Å². The van der Waals surface area contributed by atoms with Gasteiger partial charge in [-0.05, 0) is 31.9 Å². The lowest BCUT2D eigenvalue weighted by atomic mass is 10.0. The van der Waals surface area contributed by atoms with Gasteiger partial charge in [0.25, 0.3) is 0 Å². The van der Waals surface area contributed by atoms with Crippen LogP contribution in [0, 0.1) is 0 Å². The van der Waals surface area contributed by atoms with E-state index in [-0.39, 0.29) is 5.60 Å². The summed E-state index contributed by atoms with van der Waals surface area (Å²) in [5.74, 6) is 1.07. The molecule has 1 nitrogen and oxygen atoms in total. The maximum absolute atomic E-state index is 5.99. The number of hydrogen-bond acceptors (Lipinski definition) is 2. The first-order chi connectivity index (χ1) is 7.79. The van der Waals surface area contributed by atoms with E-state index in [1.807, 2.05) is 11.8 Å². The lowest BCUT2D eigenvalue weighted by molar-refractivity contribution is -0.00911. The molecule has 1 unspecified atom stereocenters. The summed E-state index contributed by atoms with van der Waals surface area (Å²) in [5, 5.41) is 0. The van der Waals surface area contributed by atoms with Gasteiger partial charge in [0.05, 0.1) is 5.60 Å². The fourth-order valence-corrected chi connectivity index (χ4v) is 3.08. The molecule has 1 atom stereocenters. The molecular formula is C14H20OS. The van der Waals surface area contributed by atoms with Gasteiger partial charge in [-0.25, -0.2) is 0 Å². The SMILES string of the molecule is CC1(CSc2ccccc2)CCCCCO1. The predicted molar refractivity (Wildman–Crippen MR) is 70.0 cm³/mol. The van der Waals surface area contributed by atoms with E-state index in [2.05, 4.69) is 37.3 Å². The van der Waals surface area contributed by atoms with Crippen LogP contribution in [0.1, 0.15) is 32.6 Å². The van der Waals surface area contributed by atoms with Gasteiger partial charge in [0, 0.05) is 17.3 Å². The quantitative estimate of drug-likeness (QED) is 0.730. The molecule has 1 fully saturated rings. The van der Waals surface area contributed by atoms with Gasteiger partial charge < -0.3 is 4.74 Å². The molecule has 1 aliphatic heterocycles. The fraction of sp³-hybridized carbons (Fsp3) is 0.571. The number of rotatable bonds is 3. The first-order valence-electron chi connectivity index (χ1n) is 6.10. The first-order valence-corrected chi connectivity index (χ1v) is 7.09. The number of benzene rings is 1. The average molecular weight is 236 g/mol. The van der Waals surface area contributed by atoms with Gasteiger partial charge in [0.2, 0.25) is 0 Å². The van der Waals surface area contributed by atoms with Crippen LogP contribution in [0.5, 0.6) is 0 Å². The highest BCUT2D eigenvalue weighted by Gasteiger charge is 2.26. The fourth-order valence-electron chi connectivity index (χ4n) is 2.04. The van der Waals surface area contributed by atoms with E-state index in [0.29, 0.717) is 0 Å². The second-order valence-electron chi connectivity index (χ2n) is 4.71. The summed E-state index contributed by atoms with van der Waals surface area (Å²) in [6.07, 6.45) is 5.07. The largest absolute Gasteiger partial charge is 0.374 e. The Kier molecular flexibility index (Phi) is 4.30. The second kappa shape index (κ2) is 5.74. The molecule has 2 heteroatoms. The van der Waals surface area contributed by atoms with Crippen molar-refractivity contribution in [3.05, 3.63) is 30.3 Å². The molecule has 1 aliphatic rings. The third-order valence-electron chi connectivity index (χ3n) is 3.09. The summed E-state index contributed by atoms with van der Waals surface area (Å²) in [7, 11) is 0. The zero-order valence-corrected chi connectivity index (χ0v) is 10.8. The monoisotopic (exact) mass is 236 g/mol. The molecule has 0 amide bonds. The van der Waals surface area contributed by atoms with E-state index >= 15 is 0 Å². The summed E-state index contributed by atoms with van der Waals surface area (Å²) < 4.78 is 5.99. The molecule has 0 radical (unpaired) electrons. The van der Waals surface area contributed by atoms with Crippen LogP contribution in [0.4, 0.5) is 0 Å². The van der Waals surface area contributed by atoms with Crippen LogP contribution < -0.4 is 0 Å². The van der Waals surface area contributed by atoms with E-state index in [1.54, 1.807) is 0 Å². The lowest BCUT2D eigenvalue weighted by Crippen LogP contribution is -2.30. The minimum Gasteiger partial charge on any atom is -0.374 e. The van der Waals surface area contributed by atoms with E-state index in [1.165, 1.54) is 30.6 Å². The molecule has 1 aromatic rings. The van der Waals surface area contributed by atoms with Gasteiger partial charge in [-0.15, -0.1) is 11.8 Å². The van der Waals surface area contributed by atoms with Crippen molar-refractivity contribution in [2.24, 2.45) is 0 Å². The highest BCUT2D eigenvalue weighted by atomic mass is 32.2. The van der Waals surface area contributed by atoms with Crippen molar-refractivity contribution in [1.82, 2.24) is 0 Å². The Morgan fingerprint density at radius 2 is 2.00 bits per heavy atom. The predicted octanol–water partition coefficient (Wildman–Crippen LogP) is 4.13. The highest BCUT2D eigenvalue weighted by Crippen LogP contribution is 2.30. The van der Waals surface area contributed by atoms with Crippen molar-refractivity contribution < 1.29 is 4.74 Å². The molecule has 2 rings (SSSR count). The van der Waals surface area contributed by atoms with Crippen LogP contribution in [-0.4, -0.2) is 18.0 Å². The van der Waals surface area contributed by atoms with E-state index in [4.69, 9.17) is 4.74 Å². The normalized spacial score (nSPS) is 26.3. The standard InChI is InChI=1S/C14H20OS/c1-14(10-6-3-7-11-15-14)12-16-13-8-4-2-5-9-13/h2,4-5,8-9H,3,6-7,10-12H2,1H3. The lowest BCUT2D eigenvalue weighted by Gasteiger charge is -2.27. The highest BCUT2D eigenvalue weighted by molar-refractivity contribution is 7.99. The Labute approximate surface area is 103 Å². The third-order valence-corrected chi connectivity index (χ3v) is 4.45. The molecule has 1 heterocycles. The molecule has 0 spiro atoms. The molecular weight excluding hydrogens is 216 g/mol. The average Bonchev–Trinajstić information content (AvgIpc) is 2.54. The number of thioether (sulfide) groups is 1. The van der Waals surface area contributed by atoms with Crippen molar-refractivity contribution in [3.8, 4) is 0 Å². The smallest absolute Gasteiger partial charge is 0.0748 e. The molecule has 0 bridgehead atoms. The van der Waals surface area contributed by atoms with Crippen LogP contribution in [0.2, 0.25) is 0 Å². The molecule has 1 aromatic carbocycles. The van der Waals surface area contributed by atoms with Crippen LogP contribution in [0.3, 0.4) is 0 Å². The maximum Gasteiger partial charge on any atom is 0.0748 e. The third kappa shape index (κ3) is 3.53. The summed E-state index contributed by atoms with van der Waals surface area (Å²) in [4.78, 5) is 1.34. The topological polar surface area (TPSA) is 9.23 Å². The molecule has 0 aromatic heterocycles. The molecule has 0 N–H and O–H groups in total. The Morgan fingerprint density at radius 3 is 2.81 bits per heavy atom. The molecule has 0 saturated carbocycles. The van der Waals surface area contributed by atoms with Crippen molar-refractivity contribution in [1.29, 1.82) is 0 Å². The van der Waals surface area contributed by atoms with Gasteiger partial charge in [-0.1, -0.05) is 31.0 Å². The van der Waals surface area contributed by atoms with Gasteiger partial charge in [0.1, 0.15) is 0 Å². The first kappa shape index (κ1) is 12.0. The zero-order chi connectivity index (χ0) is 11.3. The van der Waals surface area contributed by atoms with Crippen molar-refractivity contribution in [3.63, 3.8) is 0 Å². The maximum atomic E-state index is 5.99. The minimum atomic E-state index is 0.0804. The van der Waals surface area contributed by atoms with Crippen LogP contribution >= 0.6 is 11.8 Å². The number of hydrogen-bond donors (Lipinski definition) is 0. The van der Waals surface area contributed by atoms with E-state index < -0.39 is 0 Å². The van der Waals surface area contributed by atoms with Gasteiger partial charge >= 0.3 is 0 Å². The number of ether oxygens (including phenoxy) is 1. The van der Waals surface area contributed by atoms with Crippen molar-refractivity contribution in [2.75, 3.05) is 12.4 Å². The Bertz CT molecular complexity index is 302. The Balaban J connectivity index is 1.88. The van der Waals surface area contributed by atoms with Crippen LogP contribution in [0.25, 0.3) is 0 Å². The zero-order valence-electron chi connectivity index (χ0n) is 9.95. The molecule has 88 valence electrons. The molecule has 1 saturated heterocycles. The Hall–Kier alpha value is -0.470. The van der Waals surface area contributed by atoms with Crippen LogP contribution in [0.15, 0.2) is 35.2 Å². The minimum absolute atomic E-state index is 0.0804. The molecule has 16 heavy (non-hydrogen) atoms. The summed E-state index contributed by atoms with van der Waals surface area (Å²) in [5.41, 5.74) is 0.0804. The van der Waals surface area contributed by atoms with Gasteiger partial charge in [-0.2, -0.15) is 0 Å². The summed E-state index contributed by atoms with van der Waals surface area (Å²) >= 11 is 1.91. The molecule has 0 aliphatic carbocycles. The van der Waals surface area contributed by atoms with E-state index in [9.17, 15) is 0 Å². The summed E-state index contributed by atoms with van der Waals surface area (Å²) in [6, 6.07) is 10.6. The summed E-state index contributed by atoms with van der Waals surface area (Å²) in [6.45, 7) is 3.19. The van der Waals surface area contributed by atoms with Crippen molar-refractivity contribution >= 4 is 11.8 Å². The second-order valence-corrected chi connectivity index (χ2v) is 5.76. The van der Waals surface area contributed by atoms with E-state index in [0.717, 1.165) is 12.4 Å².